The van der Waals surface area contributed by atoms with E-state index in [1.165, 1.54) is 31.3 Å². The number of nitrogens with zero attached hydrogens (tertiary/aromatic N) is 6. The van der Waals surface area contributed by atoms with Gasteiger partial charge < -0.3 is 25.2 Å². The standard InChI is InChI=1S/C29H29FN6O3S.C7H12FN/c1-14(37)9-35-10-15-6-7-16(11-35)36(15)28-24-20-13-39-12-19(20)23(25(30)26(24)33-29(34-28)38-2)17-4-3-5-21-22(17)18(8-31)27(32)40-21;8-6-4-7-2-1-3-9(7)5-6/h3-5,14-16,37H,6-7,9-13,32H2,1-2H3;6-7H,1-5H2. The summed E-state index contributed by atoms with van der Waals surface area (Å²) in [5, 5.41) is 21.6. The lowest BCUT2D eigenvalue weighted by Crippen LogP contribution is -2.55. The predicted octanol–water partition coefficient (Wildman–Crippen LogP) is 5.37. The molecule has 2 aromatic carbocycles. The molecule has 2 bridgehead atoms. The predicted molar refractivity (Wildman–Crippen MR) is 186 cm³/mol. The van der Waals surface area contributed by atoms with Crippen LogP contribution in [0.2, 0.25) is 0 Å². The van der Waals surface area contributed by atoms with Crippen LogP contribution in [0.3, 0.4) is 0 Å². The summed E-state index contributed by atoms with van der Waals surface area (Å²) in [6.45, 7) is 6.45. The van der Waals surface area contributed by atoms with E-state index in [-0.39, 0.29) is 30.2 Å². The van der Waals surface area contributed by atoms with Gasteiger partial charge >= 0.3 is 6.01 Å². The number of anilines is 2. The Hall–Kier alpha value is -3.67. The third-order valence-electron chi connectivity index (χ3n) is 10.8. The number of ether oxygens (including phenoxy) is 2. The number of likely N-dealkylation sites (tertiary alicyclic amines) is 1. The molecule has 0 amide bonds. The fourth-order valence-corrected chi connectivity index (χ4v) is 9.87. The molecule has 9 rings (SSSR count). The minimum atomic E-state index is -0.518. The van der Waals surface area contributed by atoms with E-state index in [0.29, 0.717) is 64.0 Å². The maximum Gasteiger partial charge on any atom is 0.318 e. The smallest absolute Gasteiger partial charge is 0.318 e. The zero-order valence-corrected chi connectivity index (χ0v) is 28.6. The van der Waals surface area contributed by atoms with Gasteiger partial charge in [-0.1, -0.05) is 12.1 Å². The van der Waals surface area contributed by atoms with Crippen molar-refractivity contribution in [3.05, 3.63) is 40.7 Å². The van der Waals surface area contributed by atoms with E-state index in [1.54, 1.807) is 0 Å². The van der Waals surface area contributed by atoms with Crippen LogP contribution in [-0.2, 0) is 18.0 Å². The number of halogens is 2. The number of aromatic nitrogens is 2. The first-order chi connectivity index (χ1) is 23.7. The van der Waals surface area contributed by atoms with Gasteiger partial charge in [0.2, 0.25) is 0 Å². The first-order valence-electron chi connectivity index (χ1n) is 17.2. The second kappa shape index (κ2) is 12.9. The number of β-amino-alcohol motifs (C(OH)–C–C–N with tert-alkyl or cyclic N) is 1. The summed E-state index contributed by atoms with van der Waals surface area (Å²) in [6, 6.07) is 8.88. The van der Waals surface area contributed by atoms with Gasteiger partial charge in [0.1, 0.15) is 28.6 Å². The van der Waals surface area contributed by atoms with E-state index in [9.17, 15) is 14.8 Å². The highest BCUT2D eigenvalue weighted by Crippen LogP contribution is 2.48. The molecule has 0 spiro atoms. The molecule has 0 aliphatic carbocycles. The molecule has 5 aliphatic heterocycles. The topological polar surface area (TPSA) is 124 Å². The van der Waals surface area contributed by atoms with Gasteiger partial charge in [0.25, 0.3) is 0 Å². The number of piperazine rings is 1. The van der Waals surface area contributed by atoms with E-state index >= 15 is 4.39 Å². The molecule has 4 saturated heterocycles. The summed E-state index contributed by atoms with van der Waals surface area (Å²) in [5.74, 6) is 0.191. The number of benzene rings is 2. The molecule has 4 fully saturated rings. The first kappa shape index (κ1) is 32.5. The molecule has 0 radical (unpaired) electrons. The van der Waals surface area contributed by atoms with Crippen LogP contribution in [-0.4, -0.2) is 95.1 Å². The summed E-state index contributed by atoms with van der Waals surface area (Å²) in [4.78, 5) is 16.3. The summed E-state index contributed by atoms with van der Waals surface area (Å²) in [6.07, 6.45) is 4.40. The lowest BCUT2D eigenvalue weighted by atomic mass is 9.90. The molecule has 5 aliphatic rings. The van der Waals surface area contributed by atoms with Crippen LogP contribution in [0.25, 0.3) is 32.1 Å². The van der Waals surface area contributed by atoms with Crippen LogP contribution in [0.4, 0.5) is 19.6 Å². The second-order valence-electron chi connectivity index (χ2n) is 14.0. The van der Waals surface area contributed by atoms with Gasteiger partial charge in [0, 0.05) is 60.0 Å². The summed E-state index contributed by atoms with van der Waals surface area (Å²) in [7, 11) is 1.49. The van der Waals surface area contributed by atoms with E-state index in [2.05, 4.69) is 25.8 Å². The number of nitrogens with two attached hydrogens (primary N) is 1. The van der Waals surface area contributed by atoms with E-state index in [1.807, 2.05) is 25.1 Å². The van der Waals surface area contributed by atoms with Crippen molar-refractivity contribution in [2.75, 3.05) is 50.5 Å². The largest absolute Gasteiger partial charge is 0.467 e. The Kier molecular flexibility index (Phi) is 8.56. The number of aliphatic hydroxyl groups is 1. The Morgan fingerprint density at radius 3 is 2.61 bits per heavy atom. The van der Waals surface area contributed by atoms with E-state index in [4.69, 9.17) is 20.2 Å². The molecule has 5 unspecified atom stereocenters. The molecule has 0 saturated carbocycles. The lowest BCUT2D eigenvalue weighted by Gasteiger charge is -2.42. The summed E-state index contributed by atoms with van der Waals surface area (Å²) >= 11 is 1.32. The third-order valence-corrected chi connectivity index (χ3v) is 11.8. The fraction of sp³-hybridized carbons (Fsp3) is 0.528. The molecular formula is C36H41F2N7O3S. The SMILES string of the molecule is COc1nc(N2C3CCC2CN(CC(C)O)C3)c2c3c(c(-c4cccc5sc(N)c(C#N)c45)c(F)c2n1)COC3.FC1CC2CCCN2C1. The normalized spacial score (nSPS) is 25.3. The van der Waals surface area contributed by atoms with Crippen molar-refractivity contribution in [2.45, 2.75) is 82.6 Å². The molecule has 258 valence electrons. The van der Waals surface area contributed by atoms with Crippen molar-refractivity contribution in [1.29, 1.82) is 5.26 Å². The molecular weight excluding hydrogens is 649 g/mol. The van der Waals surface area contributed by atoms with Gasteiger partial charge in [-0.05, 0) is 68.3 Å². The van der Waals surface area contributed by atoms with Crippen LogP contribution < -0.4 is 15.4 Å². The third kappa shape index (κ3) is 5.58. The Balaban J connectivity index is 0.000000334. The quantitative estimate of drug-likeness (QED) is 0.283. The molecule has 2 aromatic heterocycles. The summed E-state index contributed by atoms with van der Waals surface area (Å²) in [5.41, 5.74) is 9.33. The van der Waals surface area contributed by atoms with E-state index in [0.717, 1.165) is 54.7 Å². The molecule has 7 heterocycles. The van der Waals surface area contributed by atoms with Crippen molar-refractivity contribution in [3.63, 3.8) is 0 Å². The molecule has 5 atom stereocenters. The Morgan fingerprint density at radius 2 is 1.90 bits per heavy atom. The second-order valence-corrected chi connectivity index (χ2v) is 15.1. The molecule has 3 N–H and O–H groups in total. The van der Waals surface area contributed by atoms with Crippen LogP contribution in [0.15, 0.2) is 18.2 Å². The number of aliphatic hydroxyl groups excluding tert-OH is 1. The van der Waals surface area contributed by atoms with Gasteiger partial charge in [-0.2, -0.15) is 15.2 Å². The molecule has 10 nitrogen and oxygen atoms in total. The highest BCUT2D eigenvalue weighted by molar-refractivity contribution is 7.23. The average Bonchev–Trinajstić information content (AvgIpc) is 3.89. The van der Waals surface area contributed by atoms with Crippen molar-refractivity contribution in [3.8, 4) is 23.2 Å². The maximum atomic E-state index is 16.9. The number of fused-ring (bicyclic) bond motifs is 7. The van der Waals surface area contributed by atoms with Gasteiger partial charge in [-0.25, -0.2) is 8.78 Å². The van der Waals surface area contributed by atoms with Crippen LogP contribution in [0, 0.1) is 17.1 Å². The van der Waals surface area contributed by atoms with Crippen molar-refractivity contribution < 1.29 is 23.4 Å². The highest BCUT2D eigenvalue weighted by atomic mass is 32.1. The van der Waals surface area contributed by atoms with Crippen LogP contribution in [0.1, 0.15) is 55.7 Å². The van der Waals surface area contributed by atoms with Crippen molar-refractivity contribution in [1.82, 2.24) is 19.8 Å². The number of nitriles is 1. The Bertz CT molecular complexity index is 1940. The molecule has 4 aromatic rings. The number of thiophene rings is 1. The van der Waals surface area contributed by atoms with Crippen LogP contribution in [0.5, 0.6) is 6.01 Å². The van der Waals surface area contributed by atoms with Gasteiger partial charge in [-0.3, -0.25) is 9.80 Å². The van der Waals surface area contributed by atoms with Crippen molar-refractivity contribution in [2.24, 2.45) is 0 Å². The van der Waals surface area contributed by atoms with Crippen LogP contribution >= 0.6 is 11.3 Å². The molecule has 49 heavy (non-hydrogen) atoms. The first-order valence-corrected chi connectivity index (χ1v) is 18.0. The van der Waals surface area contributed by atoms with Gasteiger partial charge in [0.05, 0.1) is 37.4 Å². The Labute approximate surface area is 288 Å². The zero-order valence-electron chi connectivity index (χ0n) is 27.8. The zero-order chi connectivity index (χ0) is 34.0. The number of hydrogen-bond acceptors (Lipinski definition) is 11. The fourth-order valence-electron chi connectivity index (χ4n) is 8.92. The minimum Gasteiger partial charge on any atom is -0.467 e. The molecule has 13 heteroatoms. The van der Waals surface area contributed by atoms with E-state index < -0.39 is 18.1 Å². The number of hydrogen-bond donors (Lipinski definition) is 2. The van der Waals surface area contributed by atoms with Gasteiger partial charge in [-0.15, -0.1) is 11.3 Å². The number of rotatable bonds is 5. The average molecular weight is 690 g/mol. The highest BCUT2D eigenvalue weighted by Gasteiger charge is 2.43. The number of methoxy groups -OCH3 is 1. The minimum absolute atomic E-state index is 0.104. The maximum absolute atomic E-state index is 16.9. The monoisotopic (exact) mass is 689 g/mol. The Morgan fingerprint density at radius 1 is 1.12 bits per heavy atom. The van der Waals surface area contributed by atoms with Crippen molar-refractivity contribution >= 4 is 43.1 Å². The van der Waals surface area contributed by atoms with Gasteiger partial charge in [0.15, 0.2) is 5.82 Å². The number of alkyl halides is 1. The number of nitrogen functional groups attached to an aromatic ring is 1. The summed E-state index contributed by atoms with van der Waals surface area (Å²) < 4.78 is 41.8. The lowest BCUT2D eigenvalue weighted by molar-refractivity contribution is 0.111.